The highest BCUT2D eigenvalue weighted by Crippen LogP contribution is 2.25. The van der Waals surface area contributed by atoms with Crippen molar-refractivity contribution in [1.82, 2.24) is 15.1 Å². The lowest BCUT2D eigenvalue weighted by Crippen LogP contribution is -2.56. The number of benzene rings is 1. The highest BCUT2D eigenvalue weighted by Gasteiger charge is 2.41. The molecule has 0 radical (unpaired) electrons. The lowest BCUT2D eigenvalue weighted by Gasteiger charge is -2.39. The number of hydrogen-bond acceptors (Lipinski definition) is 3. The van der Waals surface area contributed by atoms with Crippen LogP contribution in [0.25, 0.3) is 0 Å². The summed E-state index contributed by atoms with van der Waals surface area (Å²) in [4.78, 5) is 7.76. The number of piperazine rings is 1. The minimum atomic E-state index is -4.18. The number of ether oxygens (including phenoxy) is 1. The molecule has 0 bridgehead atoms. The van der Waals surface area contributed by atoms with Crippen LogP contribution < -0.4 is 5.32 Å². The third-order valence-corrected chi connectivity index (χ3v) is 4.96. The maximum absolute atomic E-state index is 12.8. The molecular weight excluding hydrogens is 369 g/mol. The molecule has 1 fully saturated rings. The second kappa shape index (κ2) is 11.3. The summed E-state index contributed by atoms with van der Waals surface area (Å²) in [5.41, 5.74) is 1.17. The molecule has 0 aliphatic carbocycles. The van der Waals surface area contributed by atoms with Crippen LogP contribution in [0.4, 0.5) is 13.2 Å². The molecule has 5 nitrogen and oxygen atoms in total. The number of nitrogens with one attached hydrogen (secondary N) is 1. The van der Waals surface area contributed by atoms with Gasteiger partial charge in [0.25, 0.3) is 0 Å². The van der Waals surface area contributed by atoms with E-state index in [0.29, 0.717) is 39.4 Å². The number of alkyl halides is 3. The fourth-order valence-electron chi connectivity index (χ4n) is 3.15. The smallest absolute Gasteiger partial charge is 0.377 e. The van der Waals surface area contributed by atoms with Crippen LogP contribution in [0.1, 0.15) is 25.3 Å². The SMILES string of the molecule is CN=C(NCCCCOCc1ccccc1)N1CCN(C(C)C(F)(F)F)CC1. The maximum Gasteiger partial charge on any atom is 0.403 e. The topological polar surface area (TPSA) is 40.1 Å². The van der Waals surface area contributed by atoms with Crippen molar-refractivity contribution in [1.29, 1.82) is 0 Å². The third kappa shape index (κ3) is 7.31. The molecule has 28 heavy (non-hydrogen) atoms. The number of aliphatic imine (C=N–C) groups is 1. The second-order valence-corrected chi connectivity index (χ2v) is 6.96. The zero-order valence-electron chi connectivity index (χ0n) is 16.7. The van der Waals surface area contributed by atoms with Crippen molar-refractivity contribution < 1.29 is 17.9 Å². The zero-order valence-corrected chi connectivity index (χ0v) is 16.7. The molecule has 1 unspecified atom stereocenters. The van der Waals surface area contributed by atoms with Crippen molar-refractivity contribution in [3.63, 3.8) is 0 Å². The number of rotatable bonds is 8. The first-order chi connectivity index (χ1) is 13.4. The quantitative estimate of drug-likeness (QED) is 0.414. The molecule has 1 saturated heterocycles. The van der Waals surface area contributed by atoms with Gasteiger partial charge in [0.15, 0.2) is 5.96 Å². The molecule has 1 aliphatic heterocycles. The average molecular weight is 400 g/mol. The first-order valence-electron chi connectivity index (χ1n) is 9.80. The molecule has 0 amide bonds. The Hall–Kier alpha value is -1.80. The predicted molar refractivity (Wildman–Crippen MR) is 105 cm³/mol. The molecule has 0 spiro atoms. The molecule has 1 aromatic rings. The first-order valence-corrected chi connectivity index (χ1v) is 9.80. The molecule has 8 heteroatoms. The predicted octanol–water partition coefficient (Wildman–Crippen LogP) is 3.13. The van der Waals surface area contributed by atoms with Crippen LogP contribution in [0.3, 0.4) is 0 Å². The van der Waals surface area contributed by atoms with Gasteiger partial charge in [-0.2, -0.15) is 13.2 Å². The van der Waals surface area contributed by atoms with Gasteiger partial charge >= 0.3 is 6.18 Å². The van der Waals surface area contributed by atoms with E-state index in [-0.39, 0.29) is 0 Å². The number of unbranched alkanes of at least 4 members (excludes halogenated alkanes) is 1. The fraction of sp³-hybridized carbons (Fsp3) is 0.650. The number of guanidine groups is 1. The van der Waals surface area contributed by atoms with Gasteiger partial charge in [0, 0.05) is 46.4 Å². The number of nitrogens with zero attached hydrogens (tertiary/aromatic N) is 3. The Bertz CT molecular complexity index is 587. The standard InChI is InChI=1S/C20H31F3N4O/c1-17(20(21,22)23)26-11-13-27(14-12-26)19(24-2)25-10-6-7-15-28-16-18-8-4-3-5-9-18/h3-5,8-9,17H,6-7,10-16H2,1-2H3,(H,24,25). The van der Waals surface area contributed by atoms with E-state index in [9.17, 15) is 13.2 Å². The Morgan fingerprint density at radius 3 is 2.43 bits per heavy atom. The van der Waals surface area contributed by atoms with E-state index in [2.05, 4.69) is 10.3 Å². The highest BCUT2D eigenvalue weighted by atomic mass is 19.4. The van der Waals surface area contributed by atoms with Gasteiger partial charge in [-0.05, 0) is 25.3 Å². The van der Waals surface area contributed by atoms with Gasteiger partial charge in [0.05, 0.1) is 6.61 Å². The van der Waals surface area contributed by atoms with Gasteiger partial charge in [-0.15, -0.1) is 0 Å². The Balaban J connectivity index is 1.59. The summed E-state index contributed by atoms with van der Waals surface area (Å²) in [6, 6.07) is 8.66. The normalized spacial score (nSPS) is 17.6. The number of hydrogen-bond donors (Lipinski definition) is 1. The van der Waals surface area contributed by atoms with Crippen molar-refractivity contribution in [2.24, 2.45) is 4.99 Å². The monoisotopic (exact) mass is 400 g/mol. The molecule has 1 heterocycles. The van der Waals surface area contributed by atoms with Crippen LogP contribution >= 0.6 is 0 Å². The summed E-state index contributed by atoms with van der Waals surface area (Å²) in [6.07, 6.45) is -2.29. The molecule has 1 aromatic carbocycles. The van der Waals surface area contributed by atoms with Crippen LogP contribution in [-0.4, -0.2) is 74.4 Å². The third-order valence-electron chi connectivity index (χ3n) is 4.96. The van der Waals surface area contributed by atoms with Gasteiger partial charge in [-0.3, -0.25) is 9.89 Å². The maximum atomic E-state index is 12.8. The van der Waals surface area contributed by atoms with Gasteiger partial charge in [0.1, 0.15) is 6.04 Å². The van der Waals surface area contributed by atoms with Crippen molar-refractivity contribution in [2.45, 2.75) is 38.6 Å². The van der Waals surface area contributed by atoms with E-state index in [0.717, 1.165) is 25.3 Å². The fourth-order valence-corrected chi connectivity index (χ4v) is 3.15. The van der Waals surface area contributed by atoms with Crippen LogP contribution in [0, 0.1) is 0 Å². The molecule has 1 atom stereocenters. The van der Waals surface area contributed by atoms with E-state index in [1.54, 1.807) is 7.05 Å². The van der Waals surface area contributed by atoms with E-state index >= 15 is 0 Å². The van der Waals surface area contributed by atoms with Crippen LogP contribution in [0.5, 0.6) is 0 Å². The van der Waals surface area contributed by atoms with Gasteiger partial charge in [-0.1, -0.05) is 30.3 Å². The molecule has 0 saturated carbocycles. The Morgan fingerprint density at radius 1 is 1.14 bits per heavy atom. The zero-order chi connectivity index (χ0) is 20.4. The van der Waals surface area contributed by atoms with Gasteiger partial charge < -0.3 is 15.0 Å². The van der Waals surface area contributed by atoms with E-state index in [1.807, 2.05) is 35.2 Å². The minimum absolute atomic E-state index is 0.384. The largest absolute Gasteiger partial charge is 0.403 e. The summed E-state index contributed by atoms with van der Waals surface area (Å²) in [5.74, 6) is 0.754. The summed E-state index contributed by atoms with van der Waals surface area (Å²) >= 11 is 0. The summed E-state index contributed by atoms with van der Waals surface area (Å²) in [6.45, 7) is 5.16. The van der Waals surface area contributed by atoms with Crippen molar-refractivity contribution >= 4 is 5.96 Å². The van der Waals surface area contributed by atoms with Crippen LogP contribution in [0.15, 0.2) is 35.3 Å². The van der Waals surface area contributed by atoms with Crippen LogP contribution in [0.2, 0.25) is 0 Å². The molecule has 0 aromatic heterocycles. The Morgan fingerprint density at radius 2 is 1.82 bits per heavy atom. The molecular formula is C20H31F3N4O. The Kier molecular flexibility index (Phi) is 9.05. The highest BCUT2D eigenvalue weighted by molar-refractivity contribution is 5.79. The van der Waals surface area contributed by atoms with Gasteiger partial charge in [0.2, 0.25) is 0 Å². The van der Waals surface area contributed by atoms with Gasteiger partial charge in [-0.25, -0.2) is 0 Å². The van der Waals surface area contributed by atoms with E-state index in [1.165, 1.54) is 17.4 Å². The summed E-state index contributed by atoms with van der Waals surface area (Å²) in [7, 11) is 1.70. The minimum Gasteiger partial charge on any atom is -0.377 e. The molecule has 2 rings (SSSR count). The lowest BCUT2D eigenvalue weighted by molar-refractivity contribution is -0.181. The molecule has 158 valence electrons. The average Bonchev–Trinajstić information content (AvgIpc) is 2.70. The first kappa shape index (κ1) is 22.5. The molecule has 1 N–H and O–H groups in total. The van der Waals surface area contributed by atoms with Crippen LogP contribution in [-0.2, 0) is 11.3 Å². The Labute approximate surface area is 165 Å². The van der Waals surface area contributed by atoms with Crippen molar-refractivity contribution in [3.8, 4) is 0 Å². The summed E-state index contributed by atoms with van der Waals surface area (Å²) < 4.78 is 44.2. The number of halogens is 3. The van der Waals surface area contributed by atoms with E-state index < -0.39 is 12.2 Å². The second-order valence-electron chi connectivity index (χ2n) is 6.96. The summed E-state index contributed by atoms with van der Waals surface area (Å²) in [5, 5.41) is 3.30. The molecule has 1 aliphatic rings. The van der Waals surface area contributed by atoms with Crippen molar-refractivity contribution in [3.05, 3.63) is 35.9 Å². The van der Waals surface area contributed by atoms with E-state index in [4.69, 9.17) is 4.74 Å². The van der Waals surface area contributed by atoms with Crippen molar-refractivity contribution in [2.75, 3.05) is 46.4 Å². The lowest BCUT2D eigenvalue weighted by atomic mass is 10.2.